The van der Waals surface area contributed by atoms with Crippen molar-refractivity contribution in [3.63, 3.8) is 0 Å². The standard InChI is InChI=1S/C8H8FNO2/c9-6-7-3-1-2-4-8(5-7)10(11)12/h1-4H,5-6H2. The maximum atomic E-state index is 12.1. The number of rotatable bonds is 2. The number of hydrogen-bond donors (Lipinski definition) is 0. The molecule has 0 heterocycles. The van der Waals surface area contributed by atoms with Crippen molar-refractivity contribution < 1.29 is 9.31 Å². The lowest BCUT2D eigenvalue weighted by Crippen LogP contribution is -2.00. The molecule has 0 radical (unpaired) electrons. The van der Waals surface area contributed by atoms with Crippen molar-refractivity contribution in [2.24, 2.45) is 0 Å². The van der Waals surface area contributed by atoms with E-state index in [1.165, 1.54) is 6.08 Å². The fourth-order valence-corrected chi connectivity index (χ4v) is 0.926. The van der Waals surface area contributed by atoms with Crippen LogP contribution in [0.4, 0.5) is 4.39 Å². The molecule has 0 aliphatic heterocycles. The molecule has 12 heavy (non-hydrogen) atoms. The van der Waals surface area contributed by atoms with E-state index in [9.17, 15) is 14.5 Å². The molecule has 0 saturated carbocycles. The molecule has 0 fully saturated rings. The summed E-state index contributed by atoms with van der Waals surface area (Å²) in [7, 11) is 0. The average Bonchev–Trinajstić information content (AvgIpc) is 2.28. The Labute approximate surface area is 69.0 Å². The number of nitrogens with zero attached hydrogens (tertiary/aromatic N) is 1. The Kier molecular flexibility index (Phi) is 2.74. The monoisotopic (exact) mass is 169 g/mol. The molecule has 0 bridgehead atoms. The molecule has 0 amide bonds. The molecule has 1 aliphatic carbocycles. The number of alkyl halides is 1. The van der Waals surface area contributed by atoms with Crippen molar-refractivity contribution in [1.82, 2.24) is 0 Å². The highest BCUT2D eigenvalue weighted by atomic mass is 19.1. The van der Waals surface area contributed by atoms with Crippen LogP contribution >= 0.6 is 0 Å². The van der Waals surface area contributed by atoms with E-state index in [0.29, 0.717) is 5.57 Å². The van der Waals surface area contributed by atoms with Crippen LogP contribution in [0.3, 0.4) is 0 Å². The molecule has 0 aromatic heterocycles. The van der Waals surface area contributed by atoms with Gasteiger partial charge in [-0.2, -0.15) is 0 Å². The molecule has 4 heteroatoms. The van der Waals surface area contributed by atoms with E-state index in [-0.39, 0.29) is 12.1 Å². The topological polar surface area (TPSA) is 43.1 Å². The Hall–Kier alpha value is -1.45. The van der Waals surface area contributed by atoms with Gasteiger partial charge in [0.2, 0.25) is 5.70 Å². The van der Waals surface area contributed by atoms with Gasteiger partial charge in [0, 0.05) is 6.08 Å². The third-order valence-corrected chi connectivity index (χ3v) is 1.55. The molecule has 1 rings (SSSR count). The van der Waals surface area contributed by atoms with Gasteiger partial charge in [-0.25, -0.2) is 4.39 Å². The van der Waals surface area contributed by atoms with Crippen molar-refractivity contribution in [3.05, 3.63) is 45.7 Å². The van der Waals surface area contributed by atoms with E-state index in [4.69, 9.17) is 0 Å². The first-order valence-corrected chi connectivity index (χ1v) is 3.49. The van der Waals surface area contributed by atoms with Gasteiger partial charge in [0.15, 0.2) is 0 Å². The Morgan fingerprint density at radius 2 is 2.17 bits per heavy atom. The summed E-state index contributed by atoms with van der Waals surface area (Å²) in [6.07, 6.45) is 6.19. The Balaban J connectivity index is 2.82. The van der Waals surface area contributed by atoms with Gasteiger partial charge in [-0.3, -0.25) is 10.1 Å². The van der Waals surface area contributed by atoms with Gasteiger partial charge in [-0.05, 0) is 5.57 Å². The summed E-state index contributed by atoms with van der Waals surface area (Å²) in [6, 6.07) is 0. The van der Waals surface area contributed by atoms with Gasteiger partial charge in [0.25, 0.3) is 0 Å². The molecule has 64 valence electrons. The highest BCUT2D eigenvalue weighted by Crippen LogP contribution is 2.15. The lowest BCUT2D eigenvalue weighted by Gasteiger charge is -1.97. The number of allylic oxidation sites excluding steroid dienone is 5. The van der Waals surface area contributed by atoms with Crippen LogP contribution in [0.25, 0.3) is 0 Å². The third kappa shape index (κ3) is 2.02. The van der Waals surface area contributed by atoms with Crippen LogP contribution < -0.4 is 0 Å². The lowest BCUT2D eigenvalue weighted by atomic mass is 10.2. The van der Waals surface area contributed by atoms with Crippen LogP contribution in [-0.2, 0) is 0 Å². The molecule has 0 atom stereocenters. The van der Waals surface area contributed by atoms with Gasteiger partial charge < -0.3 is 0 Å². The summed E-state index contributed by atoms with van der Waals surface area (Å²) in [6.45, 7) is -0.629. The van der Waals surface area contributed by atoms with E-state index < -0.39 is 11.6 Å². The predicted octanol–water partition coefficient (Wildman–Crippen LogP) is 2.00. The minimum atomic E-state index is -0.629. The summed E-state index contributed by atoms with van der Waals surface area (Å²) in [5.74, 6) is 0. The summed E-state index contributed by atoms with van der Waals surface area (Å²) >= 11 is 0. The van der Waals surface area contributed by atoms with Crippen LogP contribution in [0.2, 0.25) is 0 Å². The minimum absolute atomic E-state index is 0.0349. The van der Waals surface area contributed by atoms with E-state index in [0.717, 1.165) is 0 Å². The van der Waals surface area contributed by atoms with Gasteiger partial charge in [0.05, 0.1) is 11.3 Å². The van der Waals surface area contributed by atoms with Gasteiger partial charge >= 0.3 is 0 Å². The molecular weight excluding hydrogens is 161 g/mol. The maximum absolute atomic E-state index is 12.1. The largest absolute Gasteiger partial charge is 0.259 e. The van der Waals surface area contributed by atoms with Crippen LogP contribution in [-0.4, -0.2) is 11.6 Å². The lowest BCUT2D eigenvalue weighted by molar-refractivity contribution is -0.426. The zero-order valence-electron chi connectivity index (χ0n) is 6.37. The molecule has 0 saturated heterocycles. The second-order valence-electron chi connectivity index (χ2n) is 2.44. The SMILES string of the molecule is O=[N+]([O-])C1=CC=CC=C(CF)C1. The van der Waals surface area contributed by atoms with Crippen LogP contribution in [0.1, 0.15) is 6.42 Å². The van der Waals surface area contributed by atoms with Crippen LogP contribution in [0.15, 0.2) is 35.6 Å². The Morgan fingerprint density at radius 3 is 2.75 bits per heavy atom. The third-order valence-electron chi connectivity index (χ3n) is 1.55. The first kappa shape index (κ1) is 8.64. The smallest absolute Gasteiger partial charge is 0.250 e. The Morgan fingerprint density at radius 1 is 1.50 bits per heavy atom. The molecule has 0 unspecified atom stereocenters. The zero-order chi connectivity index (χ0) is 8.97. The molecule has 3 nitrogen and oxygen atoms in total. The van der Waals surface area contributed by atoms with Crippen molar-refractivity contribution in [3.8, 4) is 0 Å². The van der Waals surface area contributed by atoms with Crippen LogP contribution in [0.5, 0.6) is 0 Å². The van der Waals surface area contributed by atoms with Crippen LogP contribution in [0, 0.1) is 10.1 Å². The van der Waals surface area contributed by atoms with E-state index >= 15 is 0 Å². The first-order chi connectivity index (χ1) is 5.74. The highest BCUT2D eigenvalue weighted by Gasteiger charge is 2.13. The van der Waals surface area contributed by atoms with Crippen molar-refractivity contribution in [2.75, 3.05) is 6.67 Å². The molecule has 0 N–H and O–H groups in total. The molecular formula is C8H8FNO2. The highest BCUT2D eigenvalue weighted by molar-refractivity contribution is 5.25. The van der Waals surface area contributed by atoms with Crippen molar-refractivity contribution >= 4 is 0 Å². The normalized spacial score (nSPS) is 16.4. The molecule has 0 spiro atoms. The minimum Gasteiger partial charge on any atom is -0.259 e. The summed E-state index contributed by atoms with van der Waals surface area (Å²) in [4.78, 5) is 9.84. The van der Waals surface area contributed by atoms with Gasteiger partial charge in [-0.15, -0.1) is 0 Å². The Bertz CT molecular complexity index is 279. The second kappa shape index (κ2) is 3.80. The molecule has 0 aromatic carbocycles. The predicted molar refractivity (Wildman–Crippen MR) is 42.9 cm³/mol. The maximum Gasteiger partial charge on any atom is 0.250 e. The quantitative estimate of drug-likeness (QED) is 0.468. The zero-order valence-corrected chi connectivity index (χ0v) is 6.37. The number of hydrogen-bond acceptors (Lipinski definition) is 2. The van der Waals surface area contributed by atoms with Crippen molar-refractivity contribution in [1.29, 1.82) is 0 Å². The summed E-state index contributed by atoms with van der Waals surface area (Å²) in [5, 5.41) is 10.3. The van der Waals surface area contributed by atoms with E-state index in [2.05, 4.69) is 0 Å². The first-order valence-electron chi connectivity index (χ1n) is 3.49. The summed E-state index contributed by atoms with van der Waals surface area (Å²) < 4.78 is 12.1. The molecule has 1 aliphatic rings. The fourth-order valence-electron chi connectivity index (χ4n) is 0.926. The van der Waals surface area contributed by atoms with E-state index in [1.807, 2.05) is 0 Å². The fraction of sp³-hybridized carbons (Fsp3) is 0.250. The number of nitro groups is 1. The second-order valence-corrected chi connectivity index (χ2v) is 2.44. The van der Waals surface area contributed by atoms with Gasteiger partial charge in [0.1, 0.15) is 6.67 Å². The van der Waals surface area contributed by atoms with Crippen molar-refractivity contribution in [2.45, 2.75) is 6.42 Å². The van der Waals surface area contributed by atoms with Gasteiger partial charge in [-0.1, -0.05) is 18.2 Å². The average molecular weight is 169 g/mol. The van der Waals surface area contributed by atoms with E-state index in [1.54, 1.807) is 18.2 Å². The summed E-state index contributed by atoms with van der Waals surface area (Å²) in [5.41, 5.74) is 0.472. The number of halogens is 1. The molecule has 0 aromatic rings.